The van der Waals surface area contributed by atoms with E-state index in [4.69, 9.17) is 33.5 Å². The first-order valence-electron chi connectivity index (χ1n) is 3.95. The van der Waals surface area contributed by atoms with Crippen LogP contribution in [0.2, 0.25) is 10.0 Å². The zero-order valence-electron chi connectivity index (χ0n) is 7.30. The lowest BCUT2D eigenvalue weighted by atomic mass is 10.2. The number of nitrogens with two attached hydrogens (primary N) is 1. The van der Waals surface area contributed by atoms with Crippen molar-refractivity contribution in [3.05, 3.63) is 32.7 Å². The summed E-state index contributed by atoms with van der Waals surface area (Å²) in [7, 11) is 0. The van der Waals surface area contributed by atoms with Gasteiger partial charge in [0, 0.05) is 10.0 Å². The Labute approximate surface area is 104 Å². The van der Waals surface area contributed by atoms with Crippen molar-refractivity contribution in [2.75, 3.05) is 5.73 Å². The number of halogens is 3. The van der Waals surface area contributed by atoms with Crippen LogP contribution in [0, 0.1) is 0 Å². The van der Waals surface area contributed by atoms with Crippen molar-refractivity contribution in [2.24, 2.45) is 0 Å². The smallest absolute Gasteiger partial charge is 0.189 e. The molecule has 0 bridgehead atoms. The van der Waals surface area contributed by atoms with Gasteiger partial charge >= 0.3 is 0 Å². The van der Waals surface area contributed by atoms with Crippen LogP contribution in [-0.4, -0.2) is 5.16 Å². The fourth-order valence-corrected chi connectivity index (χ4v) is 2.06. The zero-order valence-corrected chi connectivity index (χ0v) is 10.4. The van der Waals surface area contributed by atoms with E-state index in [0.717, 1.165) is 4.47 Å². The summed E-state index contributed by atoms with van der Waals surface area (Å²) in [6.45, 7) is 0. The normalized spacial score (nSPS) is 10.6. The topological polar surface area (TPSA) is 52.0 Å². The summed E-state index contributed by atoms with van der Waals surface area (Å²) >= 11 is 15.2. The second kappa shape index (κ2) is 4.04. The Bertz CT molecular complexity index is 513. The van der Waals surface area contributed by atoms with Gasteiger partial charge in [-0.25, -0.2) is 0 Å². The molecule has 0 saturated heterocycles. The van der Waals surface area contributed by atoms with E-state index in [1.807, 2.05) is 6.07 Å². The van der Waals surface area contributed by atoms with E-state index in [-0.39, 0.29) is 10.8 Å². The molecule has 2 aromatic rings. The molecule has 0 unspecified atom stereocenters. The van der Waals surface area contributed by atoms with Gasteiger partial charge in [-0.2, -0.15) is 0 Å². The monoisotopic (exact) mass is 306 g/mol. The van der Waals surface area contributed by atoms with Crippen molar-refractivity contribution < 1.29 is 4.52 Å². The van der Waals surface area contributed by atoms with Gasteiger partial charge in [-0.05, 0) is 18.2 Å². The van der Waals surface area contributed by atoms with E-state index in [1.54, 1.807) is 12.1 Å². The zero-order chi connectivity index (χ0) is 11.0. The number of aromatic nitrogens is 1. The summed E-state index contributed by atoms with van der Waals surface area (Å²) in [6.07, 6.45) is 0. The lowest BCUT2D eigenvalue weighted by molar-refractivity contribution is 0.436. The molecule has 0 atom stereocenters. The molecule has 2 N–H and O–H groups in total. The van der Waals surface area contributed by atoms with Gasteiger partial charge in [0.2, 0.25) is 0 Å². The molecule has 78 valence electrons. The number of benzene rings is 1. The van der Waals surface area contributed by atoms with Gasteiger partial charge < -0.3 is 10.3 Å². The number of nitrogens with zero attached hydrogens (tertiary/aromatic N) is 1. The molecular weight excluding hydrogens is 303 g/mol. The quantitative estimate of drug-likeness (QED) is 0.866. The molecule has 0 amide bonds. The van der Waals surface area contributed by atoms with Crippen LogP contribution in [0.5, 0.6) is 0 Å². The third-order valence-corrected chi connectivity index (χ3v) is 3.01. The average Bonchev–Trinajstić information content (AvgIpc) is 2.49. The highest BCUT2D eigenvalue weighted by Crippen LogP contribution is 2.37. The number of nitrogen functional groups attached to an aromatic ring is 1. The van der Waals surface area contributed by atoms with Crippen LogP contribution in [0.1, 0.15) is 0 Å². The minimum absolute atomic E-state index is 0.158. The Balaban J connectivity index is 2.59. The Morgan fingerprint density at radius 3 is 2.60 bits per heavy atom. The van der Waals surface area contributed by atoms with Crippen molar-refractivity contribution in [3.63, 3.8) is 0 Å². The first-order valence-corrected chi connectivity index (χ1v) is 5.50. The number of anilines is 1. The summed E-state index contributed by atoms with van der Waals surface area (Å²) in [6, 6.07) is 5.35. The third kappa shape index (κ3) is 1.97. The molecule has 0 fully saturated rings. The summed E-state index contributed by atoms with van der Waals surface area (Å²) < 4.78 is 5.87. The van der Waals surface area contributed by atoms with Crippen molar-refractivity contribution in [2.45, 2.75) is 0 Å². The molecule has 0 aliphatic rings. The molecule has 0 spiro atoms. The molecule has 3 nitrogen and oxygen atoms in total. The van der Waals surface area contributed by atoms with Crippen molar-refractivity contribution in [1.82, 2.24) is 5.16 Å². The molecule has 1 heterocycles. The van der Waals surface area contributed by atoms with Gasteiger partial charge in [-0.15, -0.1) is 0 Å². The Hall–Kier alpha value is -0.710. The maximum absolute atomic E-state index is 6.03. The Kier molecular flexibility index (Phi) is 2.91. The van der Waals surface area contributed by atoms with Gasteiger partial charge in [0.05, 0.1) is 5.02 Å². The van der Waals surface area contributed by atoms with Crippen LogP contribution in [-0.2, 0) is 0 Å². The maximum Gasteiger partial charge on any atom is 0.189 e. The lowest BCUT2D eigenvalue weighted by Gasteiger charge is -2.00. The van der Waals surface area contributed by atoms with E-state index in [1.165, 1.54) is 0 Å². The van der Waals surface area contributed by atoms with Gasteiger partial charge in [-0.1, -0.05) is 44.3 Å². The highest BCUT2D eigenvalue weighted by atomic mass is 79.9. The Morgan fingerprint density at radius 1 is 1.33 bits per heavy atom. The summed E-state index contributed by atoms with van der Waals surface area (Å²) in [5.74, 6) is 0.539. The van der Waals surface area contributed by atoms with Crippen LogP contribution < -0.4 is 5.73 Å². The van der Waals surface area contributed by atoms with Gasteiger partial charge in [0.15, 0.2) is 11.6 Å². The minimum atomic E-state index is 0.158. The Morgan fingerprint density at radius 2 is 2.07 bits per heavy atom. The van der Waals surface area contributed by atoms with Crippen molar-refractivity contribution in [1.29, 1.82) is 0 Å². The first-order chi connectivity index (χ1) is 7.09. The molecule has 0 radical (unpaired) electrons. The molecule has 0 aliphatic carbocycles. The second-order valence-electron chi connectivity index (χ2n) is 2.84. The van der Waals surface area contributed by atoms with Crippen molar-refractivity contribution >= 4 is 44.9 Å². The number of hydrogen-bond acceptors (Lipinski definition) is 3. The van der Waals surface area contributed by atoms with Crippen LogP contribution in [0.3, 0.4) is 0 Å². The number of hydrogen-bond donors (Lipinski definition) is 1. The van der Waals surface area contributed by atoms with E-state index >= 15 is 0 Å². The molecule has 15 heavy (non-hydrogen) atoms. The van der Waals surface area contributed by atoms with E-state index in [2.05, 4.69) is 21.1 Å². The molecule has 0 saturated carbocycles. The third-order valence-electron chi connectivity index (χ3n) is 1.84. The summed E-state index contributed by atoms with van der Waals surface area (Å²) in [5, 5.41) is 4.35. The molecule has 1 aromatic heterocycles. The predicted octanol–water partition coefficient (Wildman–Crippen LogP) is 3.99. The largest absolute Gasteiger partial charge is 0.380 e. The van der Waals surface area contributed by atoms with Crippen LogP contribution >= 0.6 is 39.1 Å². The second-order valence-corrected chi connectivity index (χ2v) is 4.54. The molecule has 0 aliphatic heterocycles. The first kappa shape index (κ1) is 10.8. The van der Waals surface area contributed by atoms with Crippen LogP contribution in [0.25, 0.3) is 11.3 Å². The predicted molar refractivity (Wildman–Crippen MR) is 64.1 cm³/mol. The average molecular weight is 308 g/mol. The molecule has 6 heteroatoms. The lowest BCUT2D eigenvalue weighted by Crippen LogP contribution is -1.83. The highest BCUT2D eigenvalue weighted by Gasteiger charge is 2.16. The fraction of sp³-hybridized carbons (Fsp3) is 0. The van der Waals surface area contributed by atoms with E-state index in [9.17, 15) is 0 Å². The van der Waals surface area contributed by atoms with Gasteiger partial charge in [0.1, 0.15) is 5.02 Å². The van der Waals surface area contributed by atoms with Gasteiger partial charge in [0.25, 0.3) is 0 Å². The maximum atomic E-state index is 6.03. The molecular formula is C9H5BrCl2N2O. The van der Waals surface area contributed by atoms with Gasteiger partial charge in [-0.3, -0.25) is 0 Å². The highest BCUT2D eigenvalue weighted by molar-refractivity contribution is 9.10. The summed E-state index contributed by atoms with van der Waals surface area (Å²) in [4.78, 5) is 0. The van der Waals surface area contributed by atoms with E-state index in [0.29, 0.717) is 16.3 Å². The number of rotatable bonds is 1. The van der Waals surface area contributed by atoms with Crippen LogP contribution in [0.4, 0.5) is 5.82 Å². The SMILES string of the molecule is Nc1noc(-c2ccc(Br)cc2Cl)c1Cl. The standard InChI is InChI=1S/C9H5BrCl2N2O/c10-4-1-2-5(6(11)3-4)8-7(12)9(13)14-15-8/h1-3H,(H2,13,14). The summed E-state index contributed by atoms with van der Waals surface area (Å²) in [5.41, 5.74) is 6.13. The van der Waals surface area contributed by atoms with Crippen molar-refractivity contribution in [3.8, 4) is 11.3 Å². The molecule has 2 rings (SSSR count). The minimum Gasteiger partial charge on any atom is -0.380 e. The van der Waals surface area contributed by atoms with Crippen LogP contribution in [0.15, 0.2) is 27.2 Å². The molecule has 1 aromatic carbocycles. The van der Waals surface area contributed by atoms with E-state index < -0.39 is 0 Å². The fourth-order valence-electron chi connectivity index (χ4n) is 1.13.